The molecule has 2 aromatic carbocycles. The molecule has 0 aliphatic carbocycles. The fourth-order valence-electron chi connectivity index (χ4n) is 3.33. The quantitative estimate of drug-likeness (QED) is 0.690. The van der Waals surface area contributed by atoms with Crippen molar-refractivity contribution in [1.29, 1.82) is 0 Å². The Kier molecular flexibility index (Phi) is 7.11. The predicted octanol–water partition coefficient (Wildman–Crippen LogP) is 4.33. The summed E-state index contributed by atoms with van der Waals surface area (Å²) in [7, 11) is 0. The molecule has 0 saturated heterocycles. The third-order valence-electron chi connectivity index (χ3n) is 5.00. The van der Waals surface area contributed by atoms with Crippen LogP contribution >= 0.6 is 11.6 Å². The van der Waals surface area contributed by atoms with Crippen LogP contribution in [0.4, 0.5) is 0 Å². The molecule has 7 heteroatoms. The molecule has 1 atom stereocenters. The lowest BCUT2D eigenvalue weighted by Gasteiger charge is -2.31. The highest BCUT2D eigenvalue weighted by Crippen LogP contribution is 2.32. The Bertz CT molecular complexity index is 938. The zero-order valence-corrected chi connectivity index (χ0v) is 19.2. The smallest absolute Gasteiger partial charge is 0.242 e. The molecule has 31 heavy (non-hydrogen) atoms. The van der Waals surface area contributed by atoms with Crippen molar-refractivity contribution in [1.82, 2.24) is 10.2 Å². The Balaban J connectivity index is 1.72. The molecule has 0 bridgehead atoms. The highest BCUT2D eigenvalue weighted by Gasteiger charge is 2.28. The first-order valence-corrected chi connectivity index (χ1v) is 10.7. The van der Waals surface area contributed by atoms with Gasteiger partial charge in [-0.2, -0.15) is 0 Å². The third-order valence-corrected chi connectivity index (χ3v) is 5.25. The van der Waals surface area contributed by atoms with Crippen molar-refractivity contribution >= 4 is 23.4 Å². The van der Waals surface area contributed by atoms with Crippen molar-refractivity contribution in [3.05, 3.63) is 58.6 Å². The number of benzene rings is 2. The minimum absolute atomic E-state index is 0.0934. The molecule has 0 spiro atoms. The van der Waals surface area contributed by atoms with Gasteiger partial charge in [-0.25, -0.2) is 0 Å². The summed E-state index contributed by atoms with van der Waals surface area (Å²) in [5.41, 5.74) is 1.51. The second-order valence-corrected chi connectivity index (χ2v) is 9.19. The molecule has 166 valence electrons. The number of hydrogen-bond acceptors (Lipinski definition) is 4. The summed E-state index contributed by atoms with van der Waals surface area (Å²) in [5, 5.41) is 3.59. The van der Waals surface area contributed by atoms with Gasteiger partial charge in [-0.05, 0) is 69.5 Å². The van der Waals surface area contributed by atoms with E-state index in [1.807, 2.05) is 51.1 Å². The van der Waals surface area contributed by atoms with Crippen LogP contribution in [0.25, 0.3) is 0 Å². The van der Waals surface area contributed by atoms with Gasteiger partial charge in [0.25, 0.3) is 0 Å². The van der Waals surface area contributed by atoms with Gasteiger partial charge in [0.05, 0.1) is 0 Å². The molecular weight excluding hydrogens is 416 g/mol. The van der Waals surface area contributed by atoms with E-state index < -0.39 is 6.04 Å². The number of hydrogen-bond donors (Lipinski definition) is 1. The maximum atomic E-state index is 13.2. The lowest BCUT2D eigenvalue weighted by molar-refractivity contribution is -0.141. The van der Waals surface area contributed by atoms with Gasteiger partial charge in [0.1, 0.15) is 6.04 Å². The zero-order valence-electron chi connectivity index (χ0n) is 18.4. The van der Waals surface area contributed by atoms with Crippen LogP contribution in [0.15, 0.2) is 42.5 Å². The van der Waals surface area contributed by atoms with Crippen LogP contribution in [0, 0.1) is 0 Å². The molecule has 3 rings (SSSR count). The van der Waals surface area contributed by atoms with E-state index in [9.17, 15) is 9.59 Å². The van der Waals surface area contributed by atoms with E-state index >= 15 is 0 Å². The lowest BCUT2D eigenvalue weighted by atomic mass is 10.1. The first-order valence-electron chi connectivity index (χ1n) is 10.4. The second kappa shape index (κ2) is 9.60. The number of rotatable bonds is 7. The molecule has 1 heterocycles. The van der Waals surface area contributed by atoms with E-state index in [1.165, 1.54) is 0 Å². The third kappa shape index (κ3) is 6.37. The van der Waals surface area contributed by atoms with Gasteiger partial charge in [0.15, 0.2) is 11.5 Å². The number of amides is 2. The van der Waals surface area contributed by atoms with Gasteiger partial charge in [0, 0.05) is 23.5 Å². The van der Waals surface area contributed by atoms with Crippen molar-refractivity contribution < 1.29 is 19.1 Å². The number of ether oxygens (including phenoxy) is 2. The summed E-state index contributed by atoms with van der Waals surface area (Å²) in [6.07, 6.45) is 0.820. The molecule has 2 amide bonds. The van der Waals surface area contributed by atoms with Crippen LogP contribution in [-0.2, 0) is 22.6 Å². The fourth-order valence-corrected chi connectivity index (χ4v) is 3.46. The molecule has 2 aromatic rings. The first-order chi connectivity index (χ1) is 14.6. The molecule has 0 saturated carbocycles. The average molecular weight is 445 g/mol. The average Bonchev–Trinajstić information content (AvgIpc) is 3.17. The minimum atomic E-state index is -0.612. The summed E-state index contributed by atoms with van der Waals surface area (Å²) in [4.78, 5) is 27.6. The highest BCUT2D eigenvalue weighted by molar-refractivity contribution is 6.30. The summed E-state index contributed by atoms with van der Waals surface area (Å²) in [5.74, 6) is 1.13. The van der Waals surface area contributed by atoms with E-state index in [1.54, 1.807) is 24.0 Å². The first kappa shape index (κ1) is 22.9. The van der Waals surface area contributed by atoms with Gasteiger partial charge in [-0.1, -0.05) is 29.8 Å². The van der Waals surface area contributed by atoms with Crippen molar-refractivity contribution in [2.75, 3.05) is 6.79 Å². The largest absolute Gasteiger partial charge is 0.454 e. The van der Waals surface area contributed by atoms with Gasteiger partial charge in [-0.3, -0.25) is 9.59 Å². The van der Waals surface area contributed by atoms with Gasteiger partial charge >= 0.3 is 0 Å². The van der Waals surface area contributed by atoms with Crippen LogP contribution in [-0.4, -0.2) is 35.1 Å². The molecule has 0 radical (unpaired) electrons. The van der Waals surface area contributed by atoms with Gasteiger partial charge in [0.2, 0.25) is 18.6 Å². The number of nitrogens with zero attached hydrogens (tertiary/aromatic N) is 1. The topological polar surface area (TPSA) is 67.9 Å². The molecule has 1 aliphatic heterocycles. The van der Waals surface area contributed by atoms with Crippen molar-refractivity contribution in [3.8, 4) is 11.5 Å². The molecular formula is C24H29ClN2O4. The molecule has 1 N–H and O–H groups in total. The summed E-state index contributed by atoms with van der Waals surface area (Å²) in [6, 6.07) is 12.4. The zero-order chi connectivity index (χ0) is 22.6. The standard InChI is InChI=1S/C24H29ClN2O4/c1-16(23(29)26-24(2,3)4)27(14-18-5-9-19(25)10-6-18)22(28)12-8-17-7-11-20-21(13-17)31-15-30-20/h5-7,9-11,13,16H,8,12,14-15H2,1-4H3,(H,26,29)/t16-/m0/s1. The van der Waals surface area contributed by atoms with E-state index in [4.69, 9.17) is 21.1 Å². The molecule has 0 aromatic heterocycles. The Morgan fingerprint density at radius 1 is 1.06 bits per heavy atom. The fraction of sp³-hybridized carbons (Fsp3) is 0.417. The van der Waals surface area contributed by atoms with Crippen LogP contribution in [0.3, 0.4) is 0 Å². The molecule has 1 aliphatic rings. The van der Waals surface area contributed by atoms with E-state index in [0.29, 0.717) is 29.5 Å². The van der Waals surface area contributed by atoms with E-state index in [2.05, 4.69) is 5.32 Å². The van der Waals surface area contributed by atoms with E-state index in [-0.39, 0.29) is 30.6 Å². The summed E-state index contributed by atoms with van der Waals surface area (Å²) >= 11 is 5.99. The Morgan fingerprint density at radius 2 is 1.71 bits per heavy atom. The van der Waals surface area contributed by atoms with Crippen LogP contribution in [0.5, 0.6) is 11.5 Å². The van der Waals surface area contributed by atoms with E-state index in [0.717, 1.165) is 11.1 Å². The summed E-state index contributed by atoms with van der Waals surface area (Å²) < 4.78 is 10.8. The number of halogens is 1. The van der Waals surface area contributed by atoms with Crippen LogP contribution in [0.1, 0.15) is 45.2 Å². The number of carbonyl (C=O) groups is 2. The second-order valence-electron chi connectivity index (χ2n) is 8.75. The van der Waals surface area contributed by atoms with Gasteiger partial charge < -0.3 is 19.7 Å². The van der Waals surface area contributed by atoms with Crippen molar-refractivity contribution in [3.63, 3.8) is 0 Å². The normalized spacial score (nSPS) is 13.6. The number of fused-ring (bicyclic) bond motifs is 1. The van der Waals surface area contributed by atoms with Crippen LogP contribution in [0.2, 0.25) is 5.02 Å². The highest BCUT2D eigenvalue weighted by atomic mass is 35.5. The lowest BCUT2D eigenvalue weighted by Crippen LogP contribution is -2.52. The SMILES string of the molecule is C[C@@H](C(=O)NC(C)(C)C)N(Cc1ccc(Cl)cc1)C(=O)CCc1ccc2c(c1)OCO2. The maximum Gasteiger partial charge on any atom is 0.242 e. The van der Waals surface area contributed by atoms with Crippen LogP contribution < -0.4 is 14.8 Å². The minimum Gasteiger partial charge on any atom is -0.454 e. The monoisotopic (exact) mass is 444 g/mol. The molecule has 0 unspecified atom stereocenters. The van der Waals surface area contributed by atoms with Crippen molar-refractivity contribution in [2.45, 2.75) is 58.7 Å². The Labute approximate surface area is 188 Å². The van der Waals surface area contributed by atoms with Gasteiger partial charge in [-0.15, -0.1) is 0 Å². The maximum absolute atomic E-state index is 13.2. The Morgan fingerprint density at radius 3 is 2.39 bits per heavy atom. The molecule has 6 nitrogen and oxygen atoms in total. The number of nitrogens with one attached hydrogen (secondary N) is 1. The van der Waals surface area contributed by atoms with Crippen molar-refractivity contribution in [2.24, 2.45) is 0 Å². The number of aryl methyl sites for hydroxylation is 1. The number of carbonyl (C=O) groups excluding carboxylic acids is 2. The Hall–Kier alpha value is -2.73. The molecule has 0 fully saturated rings. The summed E-state index contributed by atoms with van der Waals surface area (Å²) in [6.45, 7) is 8.06. The predicted molar refractivity (Wildman–Crippen MR) is 120 cm³/mol.